The van der Waals surface area contributed by atoms with E-state index < -0.39 is 27.8 Å². The van der Waals surface area contributed by atoms with Gasteiger partial charge in [0.05, 0.1) is 11.4 Å². The van der Waals surface area contributed by atoms with E-state index in [1.165, 1.54) is 4.31 Å². The highest BCUT2D eigenvalue weighted by molar-refractivity contribution is 9.08. The van der Waals surface area contributed by atoms with Gasteiger partial charge in [-0.1, -0.05) is 28.1 Å². The first-order valence-electron chi connectivity index (χ1n) is 8.26. The van der Waals surface area contributed by atoms with Crippen LogP contribution < -0.4 is 5.32 Å². The standard InChI is InChI=1S/C17H25BrN2O4S/c1-17(2,3)19-16(21)24-14-5-4-10-20(12-14)25(22,23)15-8-6-13(11-18)7-9-15/h6-9,14H,4-5,10-12H2,1-3H3,(H,19,21)/t14-/m1/s1. The summed E-state index contributed by atoms with van der Waals surface area (Å²) in [5, 5.41) is 3.41. The average molecular weight is 433 g/mol. The Labute approximate surface area is 158 Å². The van der Waals surface area contributed by atoms with Crippen LogP contribution in [0.3, 0.4) is 0 Å². The summed E-state index contributed by atoms with van der Waals surface area (Å²) in [5.41, 5.74) is 0.618. The van der Waals surface area contributed by atoms with Crippen LogP contribution in [0.25, 0.3) is 0 Å². The third-order valence-corrected chi connectivity index (χ3v) is 6.33. The molecule has 140 valence electrons. The molecule has 1 N–H and O–H groups in total. The number of carbonyl (C=O) groups is 1. The Morgan fingerprint density at radius 1 is 1.32 bits per heavy atom. The predicted molar refractivity (Wildman–Crippen MR) is 100 cm³/mol. The Balaban J connectivity index is 2.05. The molecule has 1 aromatic rings. The molecular formula is C17H25BrN2O4S. The molecule has 1 saturated heterocycles. The molecule has 1 fully saturated rings. The molecule has 6 nitrogen and oxygen atoms in total. The van der Waals surface area contributed by atoms with Gasteiger partial charge in [0.25, 0.3) is 0 Å². The van der Waals surface area contributed by atoms with E-state index >= 15 is 0 Å². The number of rotatable bonds is 4. The van der Waals surface area contributed by atoms with E-state index in [-0.39, 0.29) is 11.4 Å². The monoisotopic (exact) mass is 432 g/mol. The minimum Gasteiger partial charge on any atom is -0.445 e. The zero-order chi connectivity index (χ0) is 18.7. The number of piperidine rings is 1. The number of carbonyl (C=O) groups excluding carboxylic acids is 1. The number of ether oxygens (including phenoxy) is 1. The van der Waals surface area contributed by atoms with Gasteiger partial charge in [-0.05, 0) is 51.3 Å². The SMILES string of the molecule is CC(C)(C)NC(=O)O[C@@H]1CCCN(S(=O)(=O)c2ccc(CBr)cc2)C1. The van der Waals surface area contributed by atoms with Gasteiger partial charge in [0.15, 0.2) is 0 Å². The van der Waals surface area contributed by atoms with Crippen LogP contribution in [0.1, 0.15) is 39.2 Å². The highest BCUT2D eigenvalue weighted by atomic mass is 79.9. The number of benzene rings is 1. The summed E-state index contributed by atoms with van der Waals surface area (Å²) in [6, 6.07) is 6.80. The van der Waals surface area contributed by atoms with Gasteiger partial charge in [-0.2, -0.15) is 4.31 Å². The van der Waals surface area contributed by atoms with Gasteiger partial charge in [-0.25, -0.2) is 13.2 Å². The topological polar surface area (TPSA) is 75.7 Å². The Morgan fingerprint density at radius 2 is 1.96 bits per heavy atom. The van der Waals surface area contributed by atoms with E-state index in [0.717, 1.165) is 5.56 Å². The van der Waals surface area contributed by atoms with Crippen LogP contribution in [-0.4, -0.2) is 43.5 Å². The quantitative estimate of drug-likeness (QED) is 0.740. The van der Waals surface area contributed by atoms with Crippen LogP contribution in [0.5, 0.6) is 0 Å². The smallest absolute Gasteiger partial charge is 0.407 e. The second-order valence-electron chi connectivity index (χ2n) is 7.19. The van der Waals surface area contributed by atoms with Gasteiger partial charge in [0.2, 0.25) is 10.0 Å². The van der Waals surface area contributed by atoms with Crippen molar-refractivity contribution >= 4 is 32.0 Å². The molecular weight excluding hydrogens is 408 g/mol. The Bertz CT molecular complexity index is 698. The third-order valence-electron chi connectivity index (χ3n) is 3.81. The Hall–Kier alpha value is -1.12. The highest BCUT2D eigenvalue weighted by Crippen LogP contribution is 2.23. The van der Waals surface area contributed by atoms with E-state index in [1.54, 1.807) is 24.3 Å². The van der Waals surface area contributed by atoms with E-state index in [4.69, 9.17) is 4.74 Å². The van der Waals surface area contributed by atoms with Crippen molar-refractivity contribution in [3.8, 4) is 0 Å². The Kier molecular flexibility index (Phi) is 6.51. The summed E-state index contributed by atoms with van der Waals surface area (Å²) in [6.07, 6.45) is 0.365. The lowest BCUT2D eigenvalue weighted by Crippen LogP contribution is -2.47. The summed E-state index contributed by atoms with van der Waals surface area (Å²) in [6.45, 7) is 6.21. The van der Waals surface area contributed by atoms with Crippen LogP contribution in [0.15, 0.2) is 29.2 Å². The van der Waals surface area contributed by atoms with E-state index in [0.29, 0.717) is 24.7 Å². The molecule has 1 amide bonds. The number of nitrogens with zero attached hydrogens (tertiary/aromatic N) is 1. The predicted octanol–water partition coefficient (Wildman–Crippen LogP) is 3.26. The molecule has 0 unspecified atom stereocenters. The summed E-state index contributed by atoms with van der Waals surface area (Å²) in [4.78, 5) is 12.2. The molecule has 1 heterocycles. The molecule has 1 atom stereocenters. The molecule has 0 saturated carbocycles. The van der Waals surface area contributed by atoms with Crippen LogP contribution >= 0.6 is 15.9 Å². The van der Waals surface area contributed by atoms with Crippen LogP contribution in [-0.2, 0) is 20.1 Å². The molecule has 25 heavy (non-hydrogen) atoms. The van der Waals surface area contributed by atoms with E-state index in [9.17, 15) is 13.2 Å². The van der Waals surface area contributed by atoms with Crippen LogP contribution in [0.4, 0.5) is 4.79 Å². The summed E-state index contributed by atoms with van der Waals surface area (Å²) < 4.78 is 32.4. The van der Waals surface area contributed by atoms with Crippen LogP contribution in [0, 0.1) is 0 Å². The number of hydrogen-bond donors (Lipinski definition) is 1. The molecule has 0 radical (unpaired) electrons. The van der Waals surface area contributed by atoms with Crippen molar-refractivity contribution in [1.82, 2.24) is 9.62 Å². The number of alkyl halides is 1. The number of hydrogen-bond acceptors (Lipinski definition) is 4. The van der Waals surface area contributed by atoms with Gasteiger partial charge < -0.3 is 10.1 Å². The van der Waals surface area contributed by atoms with E-state index in [2.05, 4.69) is 21.2 Å². The lowest BCUT2D eigenvalue weighted by atomic mass is 10.1. The lowest BCUT2D eigenvalue weighted by molar-refractivity contribution is 0.0600. The first kappa shape index (κ1) is 20.2. The fourth-order valence-electron chi connectivity index (χ4n) is 2.61. The number of alkyl carbamates (subject to hydrolysis) is 1. The minimum absolute atomic E-state index is 0.181. The zero-order valence-electron chi connectivity index (χ0n) is 14.8. The van der Waals surface area contributed by atoms with Crippen molar-refractivity contribution in [2.75, 3.05) is 13.1 Å². The van der Waals surface area contributed by atoms with Gasteiger partial charge in [0, 0.05) is 17.4 Å². The minimum atomic E-state index is -3.58. The fraction of sp³-hybridized carbons (Fsp3) is 0.588. The van der Waals surface area contributed by atoms with E-state index in [1.807, 2.05) is 20.8 Å². The molecule has 0 bridgehead atoms. The van der Waals surface area contributed by atoms with Crippen molar-refractivity contribution in [3.63, 3.8) is 0 Å². The second-order valence-corrected chi connectivity index (χ2v) is 9.68. The van der Waals surface area contributed by atoms with Gasteiger partial charge in [-0.3, -0.25) is 0 Å². The highest BCUT2D eigenvalue weighted by Gasteiger charge is 2.32. The second kappa shape index (κ2) is 8.05. The maximum absolute atomic E-state index is 12.8. The zero-order valence-corrected chi connectivity index (χ0v) is 17.2. The molecule has 0 aromatic heterocycles. The summed E-state index contributed by atoms with van der Waals surface area (Å²) >= 11 is 3.35. The molecule has 2 rings (SSSR count). The molecule has 1 aliphatic rings. The van der Waals surface area contributed by atoms with Gasteiger partial charge in [0.1, 0.15) is 6.10 Å². The first-order chi connectivity index (χ1) is 11.6. The molecule has 1 aliphatic heterocycles. The first-order valence-corrected chi connectivity index (χ1v) is 10.8. The van der Waals surface area contributed by atoms with Gasteiger partial charge in [-0.15, -0.1) is 0 Å². The van der Waals surface area contributed by atoms with Crippen molar-refractivity contribution in [2.24, 2.45) is 0 Å². The number of halogens is 1. The maximum Gasteiger partial charge on any atom is 0.407 e. The van der Waals surface area contributed by atoms with Crippen molar-refractivity contribution in [3.05, 3.63) is 29.8 Å². The third kappa shape index (κ3) is 5.69. The summed E-state index contributed by atoms with van der Waals surface area (Å²) in [7, 11) is -3.58. The molecule has 0 aliphatic carbocycles. The van der Waals surface area contributed by atoms with Crippen molar-refractivity contribution < 1.29 is 17.9 Å². The fourth-order valence-corrected chi connectivity index (χ4v) is 4.49. The number of nitrogens with one attached hydrogen (secondary N) is 1. The average Bonchev–Trinajstić information content (AvgIpc) is 2.53. The summed E-state index contributed by atoms with van der Waals surface area (Å²) in [5.74, 6) is 0. The van der Waals surface area contributed by atoms with Crippen LogP contribution in [0.2, 0.25) is 0 Å². The number of sulfonamides is 1. The normalized spacial score (nSPS) is 19.4. The van der Waals surface area contributed by atoms with Crippen molar-refractivity contribution in [1.29, 1.82) is 0 Å². The number of amides is 1. The maximum atomic E-state index is 12.8. The molecule has 1 aromatic carbocycles. The Morgan fingerprint density at radius 3 is 2.52 bits per heavy atom. The molecule has 0 spiro atoms. The lowest BCUT2D eigenvalue weighted by Gasteiger charge is -2.32. The van der Waals surface area contributed by atoms with Gasteiger partial charge >= 0.3 is 6.09 Å². The molecule has 8 heteroatoms. The van der Waals surface area contributed by atoms with Crippen molar-refractivity contribution in [2.45, 2.75) is 55.5 Å². The largest absolute Gasteiger partial charge is 0.445 e.